The highest BCUT2D eigenvalue weighted by Gasteiger charge is 2.04. The smallest absolute Gasteiger partial charge is 0.220 e. The number of rotatable bonds is 6. The first-order valence-electron chi connectivity index (χ1n) is 5.73. The Morgan fingerprint density at radius 2 is 2.19 bits per heavy atom. The van der Waals surface area contributed by atoms with E-state index in [1.807, 2.05) is 20.0 Å². The molecule has 1 aromatic heterocycles. The topological polar surface area (TPSA) is 60.1 Å². The Bertz CT molecular complexity index is 344. The van der Waals surface area contributed by atoms with Crippen molar-refractivity contribution >= 4 is 5.91 Å². The molecule has 1 aromatic rings. The average Bonchev–Trinajstić information content (AvgIpc) is 2.58. The first kappa shape index (κ1) is 12.8. The van der Waals surface area contributed by atoms with Crippen molar-refractivity contribution in [3.63, 3.8) is 0 Å². The zero-order valence-corrected chi connectivity index (χ0v) is 10.1. The van der Waals surface area contributed by atoms with Crippen molar-refractivity contribution in [1.29, 1.82) is 0 Å². The van der Waals surface area contributed by atoms with Crippen LogP contribution in [0.3, 0.4) is 0 Å². The SMILES string of the molecule is Cc1ccc(CNC(=O)CCCCN)n1C. The van der Waals surface area contributed by atoms with E-state index in [9.17, 15) is 4.79 Å². The Hall–Kier alpha value is -1.29. The second kappa shape index (κ2) is 6.33. The van der Waals surface area contributed by atoms with Gasteiger partial charge in [-0.05, 0) is 38.4 Å². The highest BCUT2D eigenvalue weighted by Crippen LogP contribution is 2.05. The number of aryl methyl sites for hydroxylation is 1. The molecule has 0 fully saturated rings. The molecule has 0 aromatic carbocycles. The number of unbranched alkanes of at least 4 members (excludes halogenated alkanes) is 1. The average molecular weight is 223 g/mol. The van der Waals surface area contributed by atoms with Crippen LogP contribution >= 0.6 is 0 Å². The van der Waals surface area contributed by atoms with Crippen LogP contribution in [0.15, 0.2) is 12.1 Å². The maximum Gasteiger partial charge on any atom is 0.220 e. The van der Waals surface area contributed by atoms with Crippen molar-refractivity contribution < 1.29 is 4.79 Å². The van der Waals surface area contributed by atoms with E-state index >= 15 is 0 Å². The molecular formula is C12H21N3O. The number of hydrogen-bond acceptors (Lipinski definition) is 2. The van der Waals surface area contributed by atoms with Gasteiger partial charge in [-0.25, -0.2) is 0 Å². The Morgan fingerprint density at radius 3 is 2.75 bits per heavy atom. The highest BCUT2D eigenvalue weighted by molar-refractivity contribution is 5.75. The zero-order valence-electron chi connectivity index (χ0n) is 10.1. The van der Waals surface area contributed by atoms with Gasteiger partial charge in [0.25, 0.3) is 0 Å². The normalized spacial score (nSPS) is 10.4. The molecule has 0 radical (unpaired) electrons. The summed E-state index contributed by atoms with van der Waals surface area (Å²) in [5, 5.41) is 2.91. The van der Waals surface area contributed by atoms with Gasteiger partial charge in [0.2, 0.25) is 5.91 Å². The van der Waals surface area contributed by atoms with Crippen LogP contribution in [0.1, 0.15) is 30.7 Å². The van der Waals surface area contributed by atoms with Gasteiger partial charge < -0.3 is 15.6 Å². The van der Waals surface area contributed by atoms with Crippen molar-refractivity contribution in [2.45, 2.75) is 32.7 Å². The quantitative estimate of drug-likeness (QED) is 0.709. The van der Waals surface area contributed by atoms with E-state index in [4.69, 9.17) is 5.73 Å². The molecule has 16 heavy (non-hydrogen) atoms. The molecule has 4 nitrogen and oxygen atoms in total. The second-order valence-corrected chi connectivity index (χ2v) is 4.05. The molecule has 1 rings (SSSR count). The van der Waals surface area contributed by atoms with Crippen molar-refractivity contribution in [3.05, 3.63) is 23.5 Å². The van der Waals surface area contributed by atoms with Crippen LogP contribution in [0.5, 0.6) is 0 Å². The van der Waals surface area contributed by atoms with Crippen molar-refractivity contribution in [3.8, 4) is 0 Å². The second-order valence-electron chi connectivity index (χ2n) is 4.05. The van der Waals surface area contributed by atoms with Crippen LogP contribution in [0.2, 0.25) is 0 Å². The third-order valence-electron chi connectivity index (χ3n) is 2.80. The zero-order chi connectivity index (χ0) is 12.0. The van der Waals surface area contributed by atoms with Gasteiger partial charge in [-0.1, -0.05) is 0 Å². The molecule has 0 atom stereocenters. The molecule has 0 saturated heterocycles. The number of hydrogen-bond donors (Lipinski definition) is 2. The van der Waals surface area contributed by atoms with Gasteiger partial charge in [-0.15, -0.1) is 0 Å². The number of nitrogens with zero attached hydrogens (tertiary/aromatic N) is 1. The lowest BCUT2D eigenvalue weighted by Gasteiger charge is -2.07. The predicted molar refractivity (Wildman–Crippen MR) is 64.9 cm³/mol. The number of amides is 1. The minimum absolute atomic E-state index is 0.104. The summed E-state index contributed by atoms with van der Waals surface area (Å²) in [5.41, 5.74) is 7.70. The van der Waals surface area contributed by atoms with Gasteiger partial charge >= 0.3 is 0 Å². The summed E-state index contributed by atoms with van der Waals surface area (Å²) in [7, 11) is 2.01. The van der Waals surface area contributed by atoms with Crippen LogP contribution in [0.4, 0.5) is 0 Å². The van der Waals surface area contributed by atoms with Gasteiger partial charge in [0.1, 0.15) is 0 Å². The maximum atomic E-state index is 11.4. The van der Waals surface area contributed by atoms with E-state index in [1.54, 1.807) is 0 Å². The Kier molecular flexibility index (Phi) is 5.05. The molecule has 0 aliphatic heterocycles. The standard InChI is InChI=1S/C12H21N3O/c1-10-6-7-11(15(10)2)9-14-12(16)5-3-4-8-13/h6-7H,3-5,8-9,13H2,1-2H3,(H,14,16). The minimum atomic E-state index is 0.104. The Balaban J connectivity index is 2.29. The lowest BCUT2D eigenvalue weighted by Crippen LogP contribution is -2.23. The first-order valence-corrected chi connectivity index (χ1v) is 5.73. The van der Waals surface area contributed by atoms with Crippen molar-refractivity contribution in [2.75, 3.05) is 6.54 Å². The van der Waals surface area contributed by atoms with E-state index in [1.165, 1.54) is 5.69 Å². The van der Waals surface area contributed by atoms with Crippen molar-refractivity contribution in [1.82, 2.24) is 9.88 Å². The molecule has 90 valence electrons. The van der Waals surface area contributed by atoms with Crippen LogP contribution < -0.4 is 11.1 Å². The largest absolute Gasteiger partial charge is 0.351 e. The molecule has 0 bridgehead atoms. The van der Waals surface area contributed by atoms with Gasteiger partial charge in [-0.3, -0.25) is 4.79 Å². The van der Waals surface area contributed by atoms with E-state index in [0.29, 0.717) is 19.5 Å². The lowest BCUT2D eigenvalue weighted by atomic mass is 10.2. The lowest BCUT2D eigenvalue weighted by molar-refractivity contribution is -0.121. The molecular weight excluding hydrogens is 202 g/mol. The first-order chi connectivity index (χ1) is 7.65. The molecule has 0 saturated carbocycles. The monoisotopic (exact) mass is 223 g/mol. The van der Waals surface area contributed by atoms with Crippen LogP contribution in [0.25, 0.3) is 0 Å². The van der Waals surface area contributed by atoms with E-state index in [2.05, 4.69) is 16.0 Å². The van der Waals surface area contributed by atoms with Gasteiger partial charge in [0.05, 0.1) is 6.54 Å². The fraction of sp³-hybridized carbons (Fsp3) is 0.583. The van der Waals surface area contributed by atoms with Crippen LogP contribution in [-0.4, -0.2) is 17.0 Å². The van der Waals surface area contributed by atoms with Gasteiger partial charge in [-0.2, -0.15) is 0 Å². The third kappa shape index (κ3) is 3.70. The molecule has 3 N–H and O–H groups in total. The third-order valence-corrected chi connectivity index (χ3v) is 2.80. The number of nitrogens with one attached hydrogen (secondary N) is 1. The summed E-state index contributed by atoms with van der Waals surface area (Å²) in [6, 6.07) is 4.09. The summed E-state index contributed by atoms with van der Waals surface area (Å²) in [6.45, 7) is 3.31. The van der Waals surface area contributed by atoms with Crippen molar-refractivity contribution in [2.24, 2.45) is 12.8 Å². The Labute approximate surface area is 96.8 Å². The van der Waals surface area contributed by atoms with Gasteiger partial charge in [0, 0.05) is 24.9 Å². The summed E-state index contributed by atoms with van der Waals surface area (Å²) < 4.78 is 2.08. The van der Waals surface area contributed by atoms with E-state index in [0.717, 1.165) is 18.5 Å². The summed E-state index contributed by atoms with van der Waals surface area (Å²) >= 11 is 0. The van der Waals surface area contributed by atoms with Crippen LogP contribution in [0, 0.1) is 6.92 Å². The summed E-state index contributed by atoms with van der Waals surface area (Å²) in [6.07, 6.45) is 2.35. The highest BCUT2D eigenvalue weighted by atomic mass is 16.1. The molecule has 0 spiro atoms. The predicted octanol–water partition coefficient (Wildman–Crippen LogP) is 1.08. The molecule has 0 aliphatic carbocycles. The van der Waals surface area contributed by atoms with Crippen LogP contribution in [-0.2, 0) is 18.4 Å². The fourth-order valence-electron chi connectivity index (χ4n) is 1.55. The Morgan fingerprint density at radius 1 is 1.44 bits per heavy atom. The molecule has 0 aliphatic rings. The fourth-order valence-corrected chi connectivity index (χ4v) is 1.55. The molecule has 4 heteroatoms. The molecule has 1 amide bonds. The number of aromatic nitrogens is 1. The number of carbonyl (C=O) groups is 1. The summed E-state index contributed by atoms with van der Waals surface area (Å²) in [4.78, 5) is 11.4. The van der Waals surface area contributed by atoms with E-state index < -0.39 is 0 Å². The molecule has 1 heterocycles. The van der Waals surface area contributed by atoms with Gasteiger partial charge in [0.15, 0.2) is 0 Å². The molecule has 0 unspecified atom stereocenters. The number of nitrogens with two attached hydrogens (primary N) is 1. The maximum absolute atomic E-state index is 11.4. The number of carbonyl (C=O) groups excluding carboxylic acids is 1. The summed E-state index contributed by atoms with van der Waals surface area (Å²) in [5.74, 6) is 0.104. The minimum Gasteiger partial charge on any atom is -0.351 e. The van der Waals surface area contributed by atoms with E-state index in [-0.39, 0.29) is 5.91 Å².